The normalized spacial score (nSPS) is 27.3. The summed E-state index contributed by atoms with van der Waals surface area (Å²) in [5.74, 6) is -4.75. The molecule has 2 N–H and O–H groups in total. The zero-order chi connectivity index (χ0) is 25.4. The largest absolute Gasteiger partial charge is 0.478 e. The van der Waals surface area contributed by atoms with Crippen LogP contribution in [0.15, 0.2) is 72.8 Å². The molecule has 7 nitrogen and oxygen atoms in total. The Labute approximate surface area is 215 Å². The van der Waals surface area contributed by atoms with Crippen molar-refractivity contribution < 1.29 is 24.3 Å². The van der Waals surface area contributed by atoms with Crippen molar-refractivity contribution in [2.75, 3.05) is 11.9 Å². The highest BCUT2D eigenvalue weighted by Gasteiger charge is 2.73. The summed E-state index contributed by atoms with van der Waals surface area (Å²) in [6.07, 6.45) is 0. The first kappa shape index (κ1) is 22.8. The summed E-state index contributed by atoms with van der Waals surface area (Å²) in [6, 6.07) is 20.2. The zero-order valence-electron chi connectivity index (χ0n) is 18.6. The molecule has 1 heterocycles. The molecule has 0 aromatic heterocycles. The van der Waals surface area contributed by atoms with Gasteiger partial charge in [0.05, 0.1) is 17.4 Å². The first-order valence-corrected chi connectivity index (χ1v) is 12.0. The number of benzene rings is 3. The van der Waals surface area contributed by atoms with Gasteiger partial charge in [-0.1, -0.05) is 48.5 Å². The minimum Gasteiger partial charge on any atom is -0.478 e. The lowest BCUT2D eigenvalue weighted by Crippen LogP contribution is -2.57. The molecule has 0 unspecified atom stereocenters. The van der Waals surface area contributed by atoms with Crippen LogP contribution >= 0.6 is 23.2 Å². The predicted octanol–water partition coefficient (Wildman–Crippen LogP) is 3.92. The zero-order valence-corrected chi connectivity index (χ0v) is 20.1. The van der Waals surface area contributed by atoms with E-state index in [2.05, 4.69) is 5.32 Å². The number of amides is 3. The van der Waals surface area contributed by atoms with Crippen molar-refractivity contribution in [1.29, 1.82) is 0 Å². The van der Waals surface area contributed by atoms with Gasteiger partial charge in [0.1, 0.15) is 16.3 Å². The van der Waals surface area contributed by atoms with E-state index >= 15 is 0 Å². The van der Waals surface area contributed by atoms with E-state index in [4.69, 9.17) is 28.3 Å². The van der Waals surface area contributed by atoms with E-state index < -0.39 is 51.8 Å². The van der Waals surface area contributed by atoms with Crippen LogP contribution in [-0.4, -0.2) is 40.2 Å². The number of imide groups is 1. The Balaban J connectivity index is 1.37. The molecule has 1 fully saturated rings. The first-order chi connectivity index (χ1) is 17.2. The van der Waals surface area contributed by atoms with Crippen LogP contribution in [0.4, 0.5) is 5.69 Å². The summed E-state index contributed by atoms with van der Waals surface area (Å²) in [7, 11) is 0. The van der Waals surface area contributed by atoms with Gasteiger partial charge in [-0.05, 0) is 46.5 Å². The summed E-state index contributed by atoms with van der Waals surface area (Å²) < 4.78 is 0. The van der Waals surface area contributed by atoms with Crippen LogP contribution in [0.2, 0.25) is 0 Å². The molecule has 3 aromatic carbocycles. The number of carbonyl (C=O) groups is 4. The lowest BCUT2D eigenvalue weighted by molar-refractivity contribution is -0.142. The quantitative estimate of drug-likeness (QED) is 0.400. The van der Waals surface area contributed by atoms with E-state index in [0.29, 0.717) is 27.9 Å². The first-order valence-electron chi connectivity index (χ1n) is 11.2. The molecule has 1 aliphatic heterocycles. The third-order valence-electron chi connectivity index (χ3n) is 7.39. The maximum atomic E-state index is 13.7. The molecule has 0 radical (unpaired) electrons. The molecule has 2 atom stereocenters. The molecular weight excluding hydrogens is 503 g/mol. The van der Waals surface area contributed by atoms with Crippen LogP contribution in [0.25, 0.3) is 0 Å². The molecule has 2 bridgehead atoms. The van der Waals surface area contributed by atoms with E-state index in [-0.39, 0.29) is 5.56 Å². The van der Waals surface area contributed by atoms with Crippen LogP contribution in [-0.2, 0) is 24.1 Å². The summed E-state index contributed by atoms with van der Waals surface area (Å²) >= 11 is 14.7. The fraction of sp³-hybridized carbons (Fsp3) is 0.185. The number of carboxylic acid groups (broad SMARTS) is 1. The molecular formula is C27H18Cl2N2O5. The Morgan fingerprint density at radius 1 is 0.778 bits per heavy atom. The monoisotopic (exact) mass is 520 g/mol. The van der Waals surface area contributed by atoms with Crippen molar-refractivity contribution in [3.05, 3.63) is 101 Å². The lowest BCUT2D eigenvalue weighted by Gasteiger charge is -2.54. The summed E-state index contributed by atoms with van der Waals surface area (Å²) in [4.78, 5) is 49.6. The van der Waals surface area contributed by atoms with E-state index in [1.807, 2.05) is 48.5 Å². The fourth-order valence-electron chi connectivity index (χ4n) is 5.92. The number of anilines is 1. The summed E-state index contributed by atoms with van der Waals surface area (Å²) in [5.41, 5.74) is 3.15. The highest BCUT2D eigenvalue weighted by molar-refractivity contribution is 6.36. The second-order valence-corrected chi connectivity index (χ2v) is 10.4. The number of rotatable bonds is 4. The molecule has 0 spiro atoms. The number of nitrogens with one attached hydrogen (secondary N) is 1. The van der Waals surface area contributed by atoms with Crippen molar-refractivity contribution in [2.24, 2.45) is 11.8 Å². The molecule has 3 aliphatic carbocycles. The number of hydrogen-bond acceptors (Lipinski definition) is 4. The number of likely N-dealkylation sites (tertiary alicyclic amines) is 1. The van der Waals surface area contributed by atoms with Gasteiger partial charge >= 0.3 is 5.97 Å². The third kappa shape index (κ3) is 2.81. The Kier molecular flexibility index (Phi) is 4.84. The minimum absolute atomic E-state index is 0.0661. The number of alkyl halides is 2. The highest BCUT2D eigenvalue weighted by Crippen LogP contribution is 2.69. The Morgan fingerprint density at radius 2 is 1.19 bits per heavy atom. The number of hydrogen-bond donors (Lipinski definition) is 2. The minimum atomic E-state index is -1.31. The van der Waals surface area contributed by atoms with Crippen LogP contribution in [0.5, 0.6) is 0 Å². The van der Waals surface area contributed by atoms with E-state index in [9.17, 15) is 19.2 Å². The highest BCUT2D eigenvalue weighted by atomic mass is 35.5. The lowest BCUT2D eigenvalue weighted by atomic mass is 9.54. The van der Waals surface area contributed by atoms with Crippen LogP contribution in [0, 0.1) is 11.8 Å². The molecule has 180 valence electrons. The fourth-order valence-corrected chi connectivity index (χ4v) is 7.02. The average molecular weight is 521 g/mol. The molecule has 1 saturated heterocycles. The van der Waals surface area contributed by atoms with Gasteiger partial charge in [0.25, 0.3) is 0 Å². The molecule has 7 rings (SSSR count). The number of carboxylic acids is 1. The maximum absolute atomic E-state index is 13.7. The second kappa shape index (κ2) is 7.66. The van der Waals surface area contributed by atoms with Crippen LogP contribution in [0.3, 0.4) is 0 Å². The smallest absolute Gasteiger partial charge is 0.335 e. The molecule has 0 saturated carbocycles. The van der Waals surface area contributed by atoms with E-state index in [1.54, 1.807) is 0 Å². The third-order valence-corrected chi connectivity index (χ3v) is 8.68. The Bertz CT molecular complexity index is 1360. The topological polar surface area (TPSA) is 104 Å². The number of carbonyl (C=O) groups excluding carboxylic acids is 3. The average Bonchev–Trinajstić information content (AvgIpc) is 3.13. The van der Waals surface area contributed by atoms with Gasteiger partial charge in [-0.15, -0.1) is 23.2 Å². The van der Waals surface area contributed by atoms with E-state index in [0.717, 1.165) is 4.90 Å². The standard InChI is InChI=1S/C27H18Cl2N2O5/c28-26-16-5-1-2-6-17(16)27(29,19-8-4-3-7-18(19)26)22-21(26)23(33)31(24(22)34)13-20(32)30-15-11-9-14(10-12-15)25(35)36/h1-12,21-22H,13H2,(H,30,32)(H,35,36)/t21-,22-,26?,27?/m1/s1. The second-order valence-electron chi connectivity index (χ2n) is 9.16. The van der Waals surface area contributed by atoms with Crippen molar-refractivity contribution in [3.63, 3.8) is 0 Å². The maximum Gasteiger partial charge on any atom is 0.335 e. The van der Waals surface area contributed by atoms with Crippen LogP contribution < -0.4 is 5.32 Å². The van der Waals surface area contributed by atoms with Crippen LogP contribution in [0.1, 0.15) is 32.6 Å². The van der Waals surface area contributed by atoms with Gasteiger partial charge in [-0.25, -0.2) is 4.79 Å². The number of nitrogens with zero attached hydrogens (tertiary/aromatic N) is 1. The molecule has 4 aliphatic rings. The van der Waals surface area contributed by atoms with Gasteiger partial charge in [0.15, 0.2) is 0 Å². The SMILES string of the molecule is O=C(CN1C(=O)[C@H]2[C@H](C1=O)C1(Cl)c3ccccc3C2(Cl)c2ccccc21)Nc1ccc(C(=O)O)cc1. The van der Waals surface area contributed by atoms with E-state index in [1.165, 1.54) is 24.3 Å². The van der Waals surface area contributed by atoms with Crippen molar-refractivity contribution in [3.8, 4) is 0 Å². The van der Waals surface area contributed by atoms with Gasteiger partial charge in [-0.2, -0.15) is 0 Å². The van der Waals surface area contributed by atoms with Crippen molar-refractivity contribution in [1.82, 2.24) is 4.90 Å². The predicted molar refractivity (Wildman–Crippen MR) is 132 cm³/mol. The molecule has 3 amide bonds. The Hall–Kier alpha value is -3.68. The number of aromatic carboxylic acids is 1. The molecule has 9 heteroatoms. The van der Waals surface area contributed by atoms with Gasteiger partial charge in [-0.3, -0.25) is 19.3 Å². The van der Waals surface area contributed by atoms with Crippen molar-refractivity contribution >= 4 is 52.6 Å². The van der Waals surface area contributed by atoms with Gasteiger partial charge < -0.3 is 10.4 Å². The van der Waals surface area contributed by atoms with Crippen molar-refractivity contribution in [2.45, 2.75) is 9.75 Å². The molecule has 36 heavy (non-hydrogen) atoms. The molecule has 3 aromatic rings. The van der Waals surface area contributed by atoms with Gasteiger partial charge in [0.2, 0.25) is 17.7 Å². The Morgan fingerprint density at radius 3 is 1.58 bits per heavy atom. The summed E-state index contributed by atoms with van der Waals surface area (Å²) in [6.45, 7) is -0.516. The summed E-state index contributed by atoms with van der Waals surface area (Å²) in [5, 5.41) is 11.6. The van der Waals surface area contributed by atoms with Gasteiger partial charge in [0, 0.05) is 5.69 Å². The number of halogens is 2.